The molecule has 1 fully saturated rings. The van der Waals surface area contributed by atoms with Crippen molar-refractivity contribution in [1.29, 1.82) is 0 Å². The number of carbonyl (C=O) groups is 2. The van der Waals surface area contributed by atoms with Crippen LogP contribution in [-0.2, 0) is 17.6 Å². The molecule has 0 aromatic carbocycles. The number of aliphatic carboxylic acids is 1. The summed E-state index contributed by atoms with van der Waals surface area (Å²) in [7, 11) is 0. The van der Waals surface area contributed by atoms with Gasteiger partial charge in [-0.15, -0.1) is 0 Å². The molecule has 6 nitrogen and oxygen atoms in total. The number of carbonyl (C=O) groups excluding carboxylic acids is 1. The summed E-state index contributed by atoms with van der Waals surface area (Å²) >= 11 is 0. The van der Waals surface area contributed by atoms with Crippen LogP contribution in [0.5, 0.6) is 0 Å². The molecule has 0 radical (unpaired) electrons. The highest BCUT2D eigenvalue weighted by Crippen LogP contribution is 2.25. The summed E-state index contributed by atoms with van der Waals surface area (Å²) in [5, 5.41) is 16.1. The molecular weight excluding hydrogens is 246 g/mol. The SMILES string of the molecule is O=C(O)C1CCN(C(=O)c2n[nH]c3c2CCCC3)C1. The van der Waals surface area contributed by atoms with Gasteiger partial charge in [0.1, 0.15) is 0 Å². The number of likely N-dealkylation sites (tertiary alicyclic amines) is 1. The summed E-state index contributed by atoms with van der Waals surface area (Å²) in [6.45, 7) is 0.813. The minimum Gasteiger partial charge on any atom is -0.481 e. The lowest BCUT2D eigenvalue weighted by atomic mass is 9.95. The van der Waals surface area contributed by atoms with Gasteiger partial charge in [0.15, 0.2) is 5.69 Å². The number of carboxylic acid groups (broad SMARTS) is 1. The summed E-state index contributed by atoms with van der Waals surface area (Å²) in [5.41, 5.74) is 2.61. The maximum Gasteiger partial charge on any atom is 0.308 e. The van der Waals surface area contributed by atoms with Crippen molar-refractivity contribution < 1.29 is 14.7 Å². The lowest BCUT2D eigenvalue weighted by molar-refractivity contribution is -0.141. The highest BCUT2D eigenvalue weighted by atomic mass is 16.4. The molecular formula is C13H17N3O3. The lowest BCUT2D eigenvalue weighted by Crippen LogP contribution is -2.31. The number of nitrogens with one attached hydrogen (secondary N) is 1. The second-order valence-corrected chi connectivity index (χ2v) is 5.31. The van der Waals surface area contributed by atoms with Crippen LogP contribution in [0.2, 0.25) is 0 Å². The van der Waals surface area contributed by atoms with Crippen molar-refractivity contribution >= 4 is 11.9 Å². The van der Waals surface area contributed by atoms with Gasteiger partial charge in [0.2, 0.25) is 0 Å². The molecule has 0 spiro atoms. The second-order valence-electron chi connectivity index (χ2n) is 5.31. The zero-order valence-electron chi connectivity index (χ0n) is 10.7. The van der Waals surface area contributed by atoms with Crippen LogP contribution in [0.3, 0.4) is 0 Å². The zero-order chi connectivity index (χ0) is 13.4. The Kier molecular flexibility index (Phi) is 3.00. The second kappa shape index (κ2) is 4.68. The van der Waals surface area contributed by atoms with Gasteiger partial charge < -0.3 is 10.0 Å². The summed E-state index contributed by atoms with van der Waals surface area (Å²) < 4.78 is 0. The van der Waals surface area contributed by atoms with Gasteiger partial charge in [0.05, 0.1) is 5.92 Å². The number of rotatable bonds is 2. The molecule has 1 saturated heterocycles. The normalized spacial score (nSPS) is 22.3. The fraction of sp³-hybridized carbons (Fsp3) is 0.615. The first-order valence-electron chi connectivity index (χ1n) is 6.75. The fourth-order valence-corrected chi connectivity index (χ4v) is 2.95. The van der Waals surface area contributed by atoms with E-state index in [0.717, 1.165) is 36.9 Å². The average Bonchev–Trinajstić information content (AvgIpc) is 3.05. The third-order valence-electron chi connectivity index (χ3n) is 4.08. The molecule has 1 aliphatic heterocycles. The van der Waals surface area contributed by atoms with E-state index in [-0.39, 0.29) is 5.91 Å². The van der Waals surface area contributed by atoms with Crippen molar-refractivity contribution in [2.75, 3.05) is 13.1 Å². The summed E-state index contributed by atoms with van der Waals surface area (Å²) in [5.74, 6) is -1.37. The predicted molar refractivity (Wildman–Crippen MR) is 66.9 cm³/mol. The van der Waals surface area contributed by atoms with Gasteiger partial charge in [-0.2, -0.15) is 5.10 Å². The first-order valence-corrected chi connectivity index (χ1v) is 6.75. The van der Waals surface area contributed by atoms with E-state index in [0.29, 0.717) is 25.2 Å². The van der Waals surface area contributed by atoms with E-state index in [4.69, 9.17) is 5.11 Å². The van der Waals surface area contributed by atoms with E-state index >= 15 is 0 Å². The third-order valence-corrected chi connectivity index (χ3v) is 4.08. The van der Waals surface area contributed by atoms with Crippen LogP contribution < -0.4 is 0 Å². The molecule has 6 heteroatoms. The Bertz CT molecular complexity index is 523. The minimum absolute atomic E-state index is 0.122. The molecule has 1 aliphatic carbocycles. The Labute approximate surface area is 110 Å². The van der Waals surface area contributed by atoms with Crippen LogP contribution in [0.25, 0.3) is 0 Å². The van der Waals surface area contributed by atoms with Crippen LogP contribution >= 0.6 is 0 Å². The molecule has 2 aliphatic rings. The summed E-state index contributed by atoms with van der Waals surface area (Å²) in [6, 6.07) is 0. The molecule has 0 saturated carbocycles. The van der Waals surface area contributed by atoms with Gasteiger partial charge in [-0.1, -0.05) is 0 Å². The third kappa shape index (κ3) is 2.11. The Morgan fingerprint density at radius 3 is 2.84 bits per heavy atom. The number of amides is 1. The van der Waals surface area contributed by atoms with Crippen molar-refractivity contribution in [3.8, 4) is 0 Å². The molecule has 19 heavy (non-hydrogen) atoms. The highest BCUT2D eigenvalue weighted by molar-refractivity contribution is 5.94. The van der Waals surface area contributed by atoms with Gasteiger partial charge in [-0.3, -0.25) is 14.7 Å². The maximum atomic E-state index is 12.4. The van der Waals surface area contributed by atoms with Gasteiger partial charge in [0, 0.05) is 24.3 Å². The topological polar surface area (TPSA) is 86.3 Å². The number of aromatic nitrogens is 2. The van der Waals surface area contributed by atoms with Crippen LogP contribution in [0.1, 0.15) is 41.0 Å². The van der Waals surface area contributed by atoms with Gasteiger partial charge >= 0.3 is 5.97 Å². The summed E-state index contributed by atoms with van der Waals surface area (Å²) in [4.78, 5) is 24.9. The van der Waals surface area contributed by atoms with E-state index in [9.17, 15) is 9.59 Å². The number of hydrogen-bond donors (Lipinski definition) is 2. The van der Waals surface area contributed by atoms with Crippen molar-refractivity contribution in [3.63, 3.8) is 0 Å². The van der Waals surface area contributed by atoms with Crippen molar-refractivity contribution in [2.24, 2.45) is 5.92 Å². The Morgan fingerprint density at radius 2 is 2.11 bits per heavy atom. The van der Waals surface area contributed by atoms with Gasteiger partial charge in [-0.05, 0) is 32.1 Å². The minimum atomic E-state index is -0.820. The molecule has 102 valence electrons. The summed E-state index contributed by atoms with van der Waals surface area (Å²) in [6.07, 6.45) is 4.60. The first kappa shape index (κ1) is 12.2. The Hall–Kier alpha value is -1.85. The van der Waals surface area contributed by atoms with E-state index in [1.54, 1.807) is 4.90 Å². The van der Waals surface area contributed by atoms with Gasteiger partial charge in [0.25, 0.3) is 5.91 Å². The average molecular weight is 263 g/mol. The Balaban J connectivity index is 1.78. The van der Waals surface area contributed by atoms with E-state index in [1.807, 2.05) is 0 Å². The number of nitrogens with zero attached hydrogens (tertiary/aromatic N) is 2. The molecule has 1 amide bonds. The lowest BCUT2D eigenvalue weighted by Gasteiger charge is -2.16. The van der Waals surface area contributed by atoms with Gasteiger partial charge in [-0.25, -0.2) is 0 Å². The molecule has 2 N–H and O–H groups in total. The van der Waals surface area contributed by atoms with Crippen LogP contribution in [-0.4, -0.2) is 45.2 Å². The monoisotopic (exact) mass is 263 g/mol. The molecule has 1 aromatic heterocycles. The van der Waals surface area contributed by atoms with E-state index in [2.05, 4.69) is 10.2 Å². The maximum absolute atomic E-state index is 12.4. The van der Waals surface area contributed by atoms with Crippen molar-refractivity contribution in [3.05, 3.63) is 17.0 Å². The number of carboxylic acids is 1. The smallest absolute Gasteiger partial charge is 0.308 e. The fourth-order valence-electron chi connectivity index (χ4n) is 2.95. The van der Waals surface area contributed by atoms with Crippen LogP contribution in [0.15, 0.2) is 0 Å². The Morgan fingerprint density at radius 1 is 1.32 bits per heavy atom. The van der Waals surface area contributed by atoms with Crippen molar-refractivity contribution in [1.82, 2.24) is 15.1 Å². The van der Waals surface area contributed by atoms with Crippen molar-refractivity contribution in [2.45, 2.75) is 32.1 Å². The largest absolute Gasteiger partial charge is 0.481 e. The predicted octanol–water partition coefficient (Wildman–Crippen LogP) is 0.835. The molecule has 1 atom stereocenters. The van der Waals surface area contributed by atoms with E-state index < -0.39 is 11.9 Å². The number of aryl methyl sites for hydroxylation is 1. The zero-order valence-corrected chi connectivity index (χ0v) is 10.7. The molecule has 1 aromatic rings. The molecule has 2 heterocycles. The molecule has 3 rings (SSSR count). The van der Waals surface area contributed by atoms with Crippen LogP contribution in [0, 0.1) is 5.92 Å². The van der Waals surface area contributed by atoms with Crippen LogP contribution in [0.4, 0.5) is 0 Å². The molecule has 1 unspecified atom stereocenters. The first-order chi connectivity index (χ1) is 9.16. The number of H-pyrrole nitrogens is 1. The molecule has 0 bridgehead atoms. The number of fused-ring (bicyclic) bond motifs is 1. The highest BCUT2D eigenvalue weighted by Gasteiger charge is 2.33. The number of hydrogen-bond acceptors (Lipinski definition) is 3. The quantitative estimate of drug-likeness (QED) is 0.827. The number of aromatic amines is 1. The van der Waals surface area contributed by atoms with E-state index in [1.165, 1.54) is 0 Å². The standard InChI is InChI=1S/C13H17N3O3/c17-12(16-6-5-8(7-16)13(18)19)11-9-3-1-2-4-10(9)14-15-11/h8H,1-7H2,(H,14,15)(H,18,19).